The summed E-state index contributed by atoms with van der Waals surface area (Å²) in [5.74, 6) is 0.480. The third-order valence-corrected chi connectivity index (χ3v) is 5.76. The van der Waals surface area contributed by atoms with Crippen LogP contribution in [0.3, 0.4) is 0 Å². The van der Waals surface area contributed by atoms with E-state index in [-0.39, 0.29) is 35.7 Å². The van der Waals surface area contributed by atoms with Crippen LogP contribution in [0.15, 0.2) is 24.3 Å². The number of nitrogens with one attached hydrogen (secondary N) is 2. The molecule has 4 heteroatoms. The van der Waals surface area contributed by atoms with Gasteiger partial charge in [0.25, 0.3) is 0 Å². The number of benzene rings is 1. The average Bonchev–Trinajstić information content (AvgIpc) is 3.18. The SMILES string of the molecule is Cc1ccccc1C(NC(=O)C1CC12CCNCC2)C(C)(C)C.Cl. The van der Waals surface area contributed by atoms with E-state index in [1.807, 2.05) is 0 Å². The van der Waals surface area contributed by atoms with Crippen LogP contribution in [0.4, 0.5) is 0 Å². The van der Waals surface area contributed by atoms with E-state index in [1.165, 1.54) is 11.1 Å². The summed E-state index contributed by atoms with van der Waals surface area (Å²) in [5.41, 5.74) is 2.79. The molecule has 3 rings (SSSR count). The van der Waals surface area contributed by atoms with Crippen molar-refractivity contribution in [3.63, 3.8) is 0 Å². The summed E-state index contributed by atoms with van der Waals surface area (Å²) in [6.45, 7) is 10.9. The maximum atomic E-state index is 12.9. The number of aryl methyl sites for hydroxylation is 1. The van der Waals surface area contributed by atoms with Gasteiger partial charge in [-0.05, 0) is 61.2 Å². The third-order valence-electron chi connectivity index (χ3n) is 5.76. The Kier molecular flexibility index (Phi) is 5.66. The Labute approximate surface area is 152 Å². The van der Waals surface area contributed by atoms with Crippen molar-refractivity contribution in [3.05, 3.63) is 35.4 Å². The van der Waals surface area contributed by atoms with Crippen LogP contribution in [0, 0.1) is 23.7 Å². The first-order chi connectivity index (χ1) is 10.8. The Hall–Kier alpha value is -1.06. The first-order valence-corrected chi connectivity index (χ1v) is 8.90. The van der Waals surface area contributed by atoms with E-state index in [1.54, 1.807) is 0 Å². The second-order valence-electron chi connectivity index (χ2n) is 8.53. The van der Waals surface area contributed by atoms with Gasteiger partial charge < -0.3 is 10.6 Å². The molecule has 3 nitrogen and oxygen atoms in total. The number of carbonyl (C=O) groups is 1. The molecule has 0 aromatic heterocycles. The zero-order valence-corrected chi connectivity index (χ0v) is 16.1. The van der Waals surface area contributed by atoms with Gasteiger partial charge in [-0.3, -0.25) is 4.79 Å². The van der Waals surface area contributed by atoms with E-state index < -0.39 is 0 Å². The second kappa shape index (κ2) is 7.05. The van der Waals surface area contributed by atoms with Crippen molar-refractivity contribution in [1.29, 1.82) is 0 Å². The molecule has 24 heavy (non-hydrogen) atoms. The van der Waals surface area contributed by atoms with Crippen molar-refractivity contribution in [2.24, 2.45) is 16.7 Å². The second-order valence-corrected chi connectivity index (χ2v) is 8.53. The summed E-state index contributed by atoms with van der Waals surface area (Å²) in [6, 6.07) is 8.48. The molecule has 1 aliphatic carbocycles. The number of rotatable bonds is 3. The lowest BCUT2D eigenvalue weighted by Crippen LogP contribution is -2.39. The first-order valence-electron chi connectivity index (χ1n) is 8.90. The molecule has 1 aliphatic heterocycles. The molecule has 2 unspecified atom stereocenters. The van der Waals surface area contributed by atoms with Crippen LogP contribution < -0.4 is 10.6 Å². The highest BCUT2D eigenvalue weighted by molar-refractivity contribution is 5.85. The molecule has 2 N–H and O–H groups in total. The molecule has 1 spiro atoms. The van der Waals surface area contributed by atoms with Gasteiger partial charge in [0.05, 0.1) is 6.04 Å². The van der Waals surface area contributed by atoms with Gasteiger partial charge in [-0.1, -0.05) is 45.0 Å². The minimum absolute atomic E-state index is 0. The fraction of sp³-hybridized carbons (Fsp3) is 0.650. The van der Waals surface area contributed by atoms with Gasteiger partial charge in [0, 0.05) is 5.92 Å². The van der Waals surface area contributed by atoms with Crippen molar-refractivity contribution < 1.29 is 4.79 Å². The first kappa shape index (κ1) is 19.3. The topological polar surface area (TPSA) is 41.1 Å². The lowest BCUT2D eigenvalue weighted by Gasteiger charge is -2.33. The van der Waals surface area contributed by atoms with Crippen molar-refractivity contribution >= 4 is 18.3 Å². The number of halogens is 1. The van der Waals surface area contributed by atoms with Crippen molar-refractivity contribution in [2.45, 2.75) is 53.0 Å². The summed E-state index contributed by atoms with van der Waals surface area (Å²) in [7, 11) is 0. The Morgan fingerprint density at radius 2 is 1.88 bits per heavy atom. The van der Waals surface area contributed by atoms with Gasteiger partial charge in [-0.25, -0.2) is 0 Å². The maximum absolute atomic E-state index is 12.9. The van der Waals surface area contributed by atoms with Crippen molar-refractivity contribution in [1.82, 2.24) is 10.6 Å². The minimum Gasteiger partial charge on any atom is -0.349 e. The highest BCUT2D eigenvalue weighted by Gasteiger charge is 2.58. The summed E-state index contributed by atoms with van der Waals surface area (Å²) < 4.78 is 0. The molecular formula is C20H31ClN2O. The van der Waals surface area contributed by atoms with E-state index in [2.05, 4.69) is 62.6 Å². The van der Waals surface area contributed by atoms with Crippen LogP contribution in [0.2, 0.25) is 0 Å². The Morgan fingerprint density at radius 1 is 1.25 bits per heavy atom. The minimum atomic E-state index is -0.00204. The maximum Gasteiger partial charge on any atom is 0.224 e. The highest BCUT2D eigenvalue weighted by atomic mass is 35.5. The number of carbonyl (C=O) groups excluding carboxylic acids is 1. The molecule has 1 aromatic carbocycles. The molecule has 0 bridgehead atoms. The predicted molar refractivity (Wildman–Crippen MR) is 101 cm³/mol. The average molecular weight is 351 g/mol. The van der Waals surface area contributed by atoms with E-state index in [9.17, 15) is 4.79 Å². The van der Waals surface area contributed by atoms with Gasteiger partial charge in [-0.2, -0.15) is 0 Å². The zero-order valence-electron chi connectivity index (χ0n) is 15.3. The Bertz CT molecular complexity index is 588. The quantitative estimate of drug-likeness (QED) is 0.864. The largest absolute Gasteiger partial charge is 0.349 e. The summed E-state index contributed by atoms with van der Waals surface area (Å²) in [5, 5.41) is 6.79. The van der Waals surface area contributed by atoms with Crippen LogP contribution >= 0.6 is 12.4 Å². The van der Waals surface area contributed by atoms with Crippen molar-refractivity contribution in [3.8, 4) is 0 Å². The normalized spacial score (nSPS) is 23.2. The monoisotopic (exact) mass is 350 g/mol. The molecule has 1 amide bonds. The molecule has 2 aliphatic rings. The fourth-order valence-corrected chi connectivity index (χ4v) is 4.11. The highest BCUT2D eigenvalue weighted by Crippen LogP contribution is 2.58. The van der Waals surface area contributed by atoms with Crippen LogP contribution in [0.25, 0.3) is 0 Å². The smallest absolute Gasteiger partial charge is 0.224 e. The van der Waals surface area contributed by atoms with Crippen molar-refractivity contribution in [2.75, 3.05) is 13.1 Å². The van der Waals surface area contributed by atoms with Crippen LogP contribution in [0.5, 0.6) is 0 Å². The number of hydrogen-bond donors (Lipinski definition) is 2. The molecule has 1 aromatic rings. The van der Waals surface area contributed by atoms with Gasteiger partial charge in [-0.15, -0.1) is 12.4 Å². The van der Waals surface area contributed by atoms with E-state index in [0.717, 1.165) is 32.4 Å². The standard InChI is InChI=1S/C20H30N2O.ClH/c1-14-7-5-6-8-15(14)17(19(2,3)4)22-18(23)16-13-20(16)9-11-21-12-10-20;/h5-8,16-17,21H,9-13H2,1-4H3,(H,22,23);1H. The van der Waals surface area contributed by atoms with Crippen LogP contribution in [-0.2, 0) is 4.79 Å². The number of amides is 1. The zero-order chi connectivity index (χ0) is 16.7. The van der Waals surface area contributed by atoms with Gasteiger partial charge in [0.2, 0.25) is 5.91 Å². The van der Waals surface area contributed by atoms with E-state index in [4.69, 9.17) is 0 Å². The summed E-state index contributed by atoms with van der Waals surface area (Å²) in [4.78, 5) is 12.9. The Balaban J connectivity index is 0.00000208. The van der Waals surface area contributed by atoms with Gasteiger partial charge >= 0.3 is 0 Å². The molecule has 0 radical (unpaired) electrons. The van der Waals surface area contributed by atoms with Crippen LogP contribution in [0.1, 0.15) is 57.2 Å². The van der Waals surface area contributed by atoms with Gasteiger partial charge in [0.1, 0.15) is 0 Å². The Morgan fingerprint density at radius 3 is 2.46 bits per heavy atom. The molecule has 2 fully saturated rings. The molecule has 1 heterocycles. The third kappa shape index (κ3) is 3.78. The van der Waals surface area contributed by atoms with E-state index in [0.29, 0.717) is 5.41 Å². The molecule has 1 saturated heterocycles. The molecule has 1 saturated carbocycles. The summed E-state index contributed by atoms with van der Waals surface area (Å²) >= 11 is 0. The number of hydrogen-bond acceptors (Lipinski definition) is 2. The predicted octanol–water partition coefficient (Wildman–Crippen LogP) is 4.01. The molecule has 2 atom stereocenters. The van der Waals surface area contributed by atoms with Gasteiger partial charge in [0.15, 0.2) is 0 Å². The number of piperidine rings is 1. The summed E-state index contributed by atoms with van der Waals surface area (Å²) in [6.07, 6.45) is 3.37. The van der Waals surface area contributed by atoms with E-state index >= 15 is 0 Å². The molecule has 134 valence electrons. The lowest BCUT2D eigenvalue weighted by atomic mass is 9.80. The fourth-order valence-electron chi connectivity index (χ4n) is 4.11. The van der Waals surface area contributed by atoms with Crippen LogP contribution in [-0.4, -0.2) is 19.0 Å². The molecular weight excluding hydrogens is 320 g/mol. The lowest BCUT2D eigenvalue weighted by molar-refractivity contribution is -0.124.